The molecule has 0 saturated carbocycles. The summed E-state index contributed by atoms with van der Waals surface area (Å²) in [6, 6.07) is 12.5. The Labute approximate surface area is 156 Å². The third-order valence-electron chi connectivity index (χ3n) is 4.64. The van der Waals surface area contributed by atoms with Crippen LogP contribution in [0.5, 0.6) is 0 Å². The summed E-state index contributed by atoms with van der Waals surface area (Å²) in [6.45, 7) is 0.573. The third kappa shape index (κ3) is 3.12. The lowest BCUT2D eigenvalue weighted by molar-refractivity contribution is 0.113. The number of halogens is 1. The van der Waals surface area contributed by atoms with Gasteiger partial charge in [-0.3, -0.25) is 0 Å². The Balaban J connectivity index is 1.74. The average Bonchev–Trinajstić information content (AvgIpc) is 3.06. The highest BCUT2D eigenvalue weighted by molar-refractivity contribution is 7.89. The van der Waals surface area contributed by atoms with E-state index in [0.717, 1.165) is 11.0 Å². The van der Waals surface area contributed by atoms with Gasteiger partial charge in [0.2, 0.25) is 10.0 Å². The molecule has 0 radical (unpaired) electrons. The summed E-state index contributed by atoms with van der Waals surface area (Å²) in [5.41, 5.74) is 2.35. The topological polar surface area (TPSA) is 86.3 Å². The van der Waals surface area contributed by atoms with E-state index in [0.29, 0.717) is 24.2 Å². The molecule has 6 nitrogen and oxygen atoms in total. The number of para-hydroxylation sites is 2. The zero-order valence-corrected chi connectivity index (χ0v) is 15.5. The molecule has 1 saturated heterocycles. The molecular weight excluding hydrogens is 374 g/mol. The highest BCUT2D eigenvalue weighted by Gasteiger charge is 2.30. The van der Waals surface area contributed by atoms with Crippen molar-refractivity contribution >= 4 is 32.7 Å². The molecule has 0 bridgehead atoms. The summed E-state index contributed by atoms with van der Waals surface area (Å²) in [6.07, 6.45) is 0.416. The monoisotopic (exact) mass is 391 g/mol. The minimum absolute atomic E-state index is 0.0634. The van der Waals surface area contributed by atoms with E-state index in [2.05, 4.69) is 9.97 Å². The molecule has 0 spiro atoms. The van der Waals surface area contributed by atoms with Crippen molar-refractivity contribution in [3.8, 4) is 11.4 Å². The van der Waals surface area contributed by atoms with E-state index >= 15 is 0 Å². The molecule has 1 aliphatic rings. The number of fused-ring (bicyclic) bond motifs is 1. The number of nitrogens with one attached hydrogen (secondary N) is 1. The first-order valence-corrected chi connectivity index (χ1v) is 10.2. The number of piperidine rings is 1. The number of benzene rings is 2. The molecule has 1 aliphatic heterocycles. The predicted octanol–water partition coefficient (Wildman–Crippen LogP) is 3.03. The number of H-pyrrole nitrogens is 1. The molecule has 26 heavy (non-hydrogen) atoms. The fraction of sp³-hybridized carbons (Fsp3) is 0.278. The zero-order valence-electron chi connectivity index (χ0n) is 13.9. The Kier molecular flexibility index (Phi) is 4.48. The minimum atomic E-state index is -3.73. The fourth-order valence-corrected chi connectivity index (χ4v) is 5.13. The van der Waals surface area contributed by atoms with Crippen LogP contribution in [0.3, 0.4) is 0 Å². The number of hydrogen-bond acceptors (Lipinski definition) is 4. The summed E-state index contributed by atoms with van der Waals surface area (Å²) >= 11 is 6.21. The van der Waals surface area contributed by atoms with E-state index in [1.807, 2.05) is 24.3 Å². The van der Waals surface area contributed by atoms with Crippen LogP contribution in [0.25, 0.3) is 22.4 Å². The summed E-state index contributed by atoms with van der Waals surface area (Å²) < 4.78 is 27.4. The second kappa shape index (κ2) is 6.66. The number of aliphatic hydroxyl groups is 1. The number of hydrogen-bond donors (Lipinski definition) is 2. The van der Waals surface area contributed by atoms with Crippen LogP contribution in [0.1, 0.15) is 12.8 Å². The highest BCUT2D eigenvalue weighted by atomic mass is 35.5. The number of imidazole rings is 1. The van der Waals surface area contributed by atoms with E-state index in [-0.39, 0.29) is 23.0 Å². The molecule has 1 fully saturated rings. The van der Waals surface area contributed by atoms with Crippen molar-refractivity contribution in [2.45, 2.75) is 23.8 Å². The molecule has 0 atom stereocenters. The summed E-state index contributed by atoms with van der Waals surface area (Å²) in [5.74, 6) is 0.591. The van der Waals surface area contributed by atoms with Crippen LogP contribution in [0.4, 0.5) is 0 Å². The van der Waals surface area contributed by atoms with Crippen LogP contribution in [0.15, 0.2) is 47.4 Å². The molecule has 2 N–H and O–H groups in total. The van der Waals surface area contributed by atoms with Crippen LogP contribution in [-0.2, 0) is 10.0 Å². The fourth-order valence-electron chi connectivity index (χ4n) is 3.16. The maximum atomic E-state index is 13.0. The van der Waals surface area contributed by atoms with Gasteiger partial charge in [0.05, 0.1) is 22.2 Å². The van der Waals surface area contributed by atoms with Crippen molar-refractivity contribution in [3.05, 3.63) is 47.5 Å². The van der Waals surface area contributed by atoms with Gasteiger partial charge in [0.25, 0.3) is 0 Å². The van der Waals surface area contributed by atoms with Crippen LogP contribution >= 0.6 is 11.6 Å². The zero-order chi connectivity index (χ0) is 18.3. The van der Waals surface area contributed by atoms with Gasteiger partial charge < -0.3 is 10.1 Å². The Bertz CT molecular complexity index is 1020. The smallest absolute Gasteiger partial charge is 0.244 e. The molecule has 3 aromatic rings. The van der Waals surface area contributed by atoms with E-state index in [9.17, 15) is 13.5 Å². The molecule has 8 heteroatoms. The van der Waals surface area contributed by atoms with Crippen molar-refractivity contribution in [2.75, 3.05) is 13.1 Å². The van der Waals surface area contributed by atoms with Crippen molar-refractivity contribution in [2.24, 2.45) is 0 Å². The minimum Gasteiger partial charge on any atom is -0.393 e. The quantitative estimate of drug-likeness (QED) is 0.718. The molecule has 4 rings (SSSR count). The van der Waals surface area contributed by atoms with Crippen LogP contribution in [-0.4, -0.2) is 47.0 Å². The van der Waals surface area contributed by atoms with E-state index in [4.69, 9.17) is 11.6 Å². The first-order valence-electron chi connectivity index (χ1n) is 8.38. The summed E-state index contributed by atoms with van der Waals surface area (Å²) in [4.78, 5) is 7.78. The molecule has 2 heterocycles. The van der Waals surface area contributed by atoms with Gasteiger partial charge in [0, 0.05) is 18.7 Å². The Hall–Kier alpha value is -1.93. The predicted molar refractivity (Wildman–Crippen MR) is 101 cm³/mol. The number of rotatable bonds is 3. The van der Waals surface area contributed by atoms with Gasteiger partial charge in [-0.05, 0) is 43.2 Å². The molecule has 0 aliphatic carbocycles. The maximum Gasteiger partial charge on any atom is 0.244 e. The molecule has 2 aromatic carbocycles. The van der Waals surface area contributed by atoms with Crippen molar-refractivity contribution in [1.29, 1.82) is 0 Å². The second-order valence-corrected chi connectivity index (χ2v) is 8.70. The lowest BCUT2D eigenvalue weighted by Gasteiger charge is -2.29. The number of sulfonamides is 1. The SMILES string of the molecule is O=S(=O)(c1cc(-c2nc3ccccc3[nH]2)ccc1Cl)N1CCC(O)CC1. The van der Waals surface area contributed by atoms with Gasteiger partial charge in [-0.2, -0.15) is 4.31 Å². The Morgan fingerprint density at radius 1 is 1.15 bits per heavy atom. The molecule has 0 unspecified atom stereocenters. The van der Waals surface area contributed by atoms with E-state index in [1.165, 1.54) is 4.31 Å². The lowest BCUT2D eigenvalue weighted by Crippen LogP contribution is -2.40. The van der Waals surface area contributed by atoms with Gasteiger partial charge in [0.1, 0.15) is 10.7 Å². The standard InChI is InChI=1S/C18H18ClN3O3S/c19-14-6-5-12(18-20-15-3-1-2-4-16(15)21-18)11-17(14)26(24,25)22-9-7-13(23)8-10-22/h1-6,11,13,23H,7-10H2,(H,20,21). The first-order chi connectivity index (χ1) is 12.4. The van der Waals surface area contributed by atoms with E-state index < -0.39 is 16.1 Å². The maximum absolute atomic E-state index is 13.0. The van der Waals surface area contributed by atoms with Gasteiger partial charge in [0.15, 0.2) is 0 Å². The number of aromatic nitrogens is 2. The summed E-state index contributed by atoms with van der Waals surface area (Å²) in [7, 11) is -3.73. The van der Waals surface area contributed by atoms with Gasteiger partial charge in [-0.15, -0.1) is 0 Å². The molecule has 0 amide bonds. The van der Waals surface area contributed by atoms with Gasteiger partial charge >= 0.3 is 0 Å². The first kappa shape index (κ1) is 17.5. The van der Waals surface area contributed by atoms with Crippen LogP contribution < -0.4 is 0 Å². The molecule has 1 aromatic heterocycles. The second-order valence-electron chi connectivity index (χ2n) is 6.38. The van der Waals surface area contributed by atoms with Crippen LogP contribution in [0, 0.1) is 0 Å². The van der Waals surface area contributed by atoms with Crippen molar-refractivity contribution in [1.82, 2.24) is 14.3 Å². The normalized spacial score (nSPS) is 17.0. The van der Waals surface area contributed by atoms with E-state index in [1.54, 1.807) is 18.2 Å². The third-order valence-corrected chi connectivity index (χ3v) is 7.02. The average molecular weight is 392 g/mol. The van der Waals surface area contributed by atoms with Gasteiger partial charge in [-0.25, -0.2) is 13.4 Å². The lowest BCUT2D eigenvalue weighted by atomic mass is 10.1. The molecular formula is C18H18ClN3O3S. The summed E-state index contributed by atoms with van der Waals surface area (Å²) in [5, 5.41) is 9.80. The number of aromatic amines is 1. The van der Waals surface area contributed by atoms with Crippen molar-refractivity contribution < 1.29 is 13.5 Å². The van der Waals surface area contributed by atoms with Crippen LogP contribution in [0.2, 0.25) is 5.02 Å². The molecule has 136 valence electrons. The number of nitrogens with zero attached hydrogens (tertiary/aromatic N) is 2. The highest BCUT2D eigenvalue weighted by Crippen LogP contribution is 2.31. The Morgan fingerprint density at radius 3 is 2.62 bits per heavy atom. The van der Waals surface area contributed by atoms with Gasteiger partial charge in [-0.1, -0.05) is 23.7 Å². The van der Waals surface area contributed by atoms with Crippen molar-refractivity contribution in [3.63, 3.8) is 0 Å². The Morgan fingerprint density at radius 2 is 1.88 bits per heavy atom. The largest absolute Gasteiger partial charge is 0.393 e. The number of aliphatic hydroxyl groups excluding tert-OH is 1.